The Bertz CT molecular complexity index is 1000. The third kappa shape index (κ3) is 18.7. The molecule has 282 valence electrons. The first-order valence-electron chi connectivity index (χ1n) is 16.3. The van der Waals surface area contributed by atoms with Gasteiger partial charge in [-0.25, -0.2) is 0 Å². The highest BCUT2D eigenvalue weighted by Crippen LogP contribution is 2.33. The van der Waals surface area contributed by atoms with Crippen LogP contribution in [0.3, 0.4) is 0 Å². The Morgan fingerprint density at radius 1 is 0.396 bits per heavy atom. The SMILES string of the molecule is Cl.Cl.Cl.Cl.Cl.Cl.NCCCN(CCCN)CCCNCc1c2ccccc2c(CNCCCN(CCCN)CCCN)c2ccccc12. The third-order valence-electron chi connectivity index (χ3n) is 8.13. The molecular formula is C34H64Cl6N8. The van der Waals surface area contributed by atoms with E-state index >= 15 is 0 Å². The largest absolute Gasteiger partial charge is 0.330 e. The van der Waals surface area contributed by atoms with Gasteiger partial charge in [0.1, 0.15) is 0 Å². The van der Waals surface area contributed by atoms with Crippen molar-refractivity contribution in [2.75, 3.05) is 78.5 Å². The van der Waals surface area contributed by atoms with Crippen LogP contribution in [0.25, 0.3) is 21.5 Å². The summed E-state index contributed by atoms with van der Waals surface area (Å²) in [6, 6.07) is 17.8. The van der Waals surface area contributed by atoms with Crippen LogP contribution in [0.15, 0.2) is 48.5 Å². The molecule has 0 amide bonds. The molecule has 0 aliphatic rings. The number of nitrogens with zero attached hydrogens (tertiary/aromatic N) is 2. The van der Waals surface area contributed by atoms with E-state index in [2.05, 4.69) is 69.0 Å². The van der Waals surface area contributed by atoms with E-state index in [4.69, 9.17) is 22.9 Å². The number of nitrogens with one attached hydrogen (secondary N) is 2. The van der Waals surface area contributed by atoms with Gasteiger partial charge >= 0.3 is 0 Å². The van der Waals surface area contributed by atoms with Gasteiger partial charge in [0, 0.05) is 13.1 Å². The first kappa shape index (κ1) is 54.4. The summed E-state index contributed by atoms with van der Waals surface area (Å²) in [5.74, 6) is 0. The van der Waals surface area contributed by atoms with Crippen molar-refractivity contribution in [1.29, 1.82) is 0 Å². The van der Waals surface area contributed by atoms with Crippen molar-refractivity contribution >= 4 is 96.0 Å². The van der Waals surface area contributed by atoms with Crippen molar-refractivity contribution in [2.24, 2.45) is 22.9 Å². The van der Waals surface area contributed by atoms with Crippen LogP contribution < -0.4 is 33.6 Å². The second kappa shape index (κ2) is 33.7. The molecule has 0 saturated heterocycles. The van der Waals surface area contributed by atoms with Crippen molar-refractivity contribution in [3.05, 3.63) is 59.7 Å². The van der Waals surface area contributed by atoms with Crippen LogP contribution in [0.2, 0.25) is 0 Å². The van der Waals surface area contributed by atoms with Crippen molar-refractivity contribution < 1.29 is 0 Å². The molecule has 3 aromatic rings. The lowest BCUT2D eigenvalue weighted by Gasteiger charge is -2.22. The number of hydrogen-bond acceptors (Lipinski definition) is 8. The quantitative estimate of drug-likeness (QED) is 0.0519. The molecule has 3 rings (SSSR count). The summed E-state index contributed by atoms with van der Waals surface area (Å²) in [7, 11) is 0. The maximum atomic E-state index is 5.75. The first-order valence-corrected chi connectivity index (χ1v) is 16.3. The monoisotopic (exact) mass is 794 g/mol. The van der Waals surface area contributed by atoms with Crippen LogP contribution in [-0.4, -0.2) is 88.3 Å². The van der Waals surface area contributed by atoms with Gasteiger partial charge in [-0.2, -0.15) is 0 Å². The predicted molar refractivity (Wildman–Crippen MR) is 225 cm³/mol. The summed E-state index contributed by atoms with van der Waals surface area (Å²) in [5, 5.41) is 12.9. The molecule has 10 N–H and O–H groups in total. The van der Waals surface area contributed by atoms with Crippen LogP contribution in [0, 0.1) is 0 Å². The summed E-state index contributed by atoms with van der Waals surface area (Å²) in [4.78, 5) is 5.01. The first-order chi connectivity index (χ1) is 20.7. The molecule has 0 heterocycles. The number of halogens is 6. The number of fused-ring (bicyclic) bond motifs is 2. The molecule has 0 aliphatic carbocycles. The lowest BCUT2D eigenvalue weighted by molar-refractivity contribution is 0.265. The Kier molecular flexibility index (Phi) is 38.2. The van der Waals surface area contributed by atoms with Crippen LogP contribution in [0.4, 0.5) is 0 Å². The Labute approximate surface area is 327 Å². The lowest BCUT2D eigenvalue weighted by atomic mass is 9.91. The normalized spacial score (nSPS) is 10.5. The van der Waals surface area contributed by atoms with Gasteiger partial charge in [-0.05, 0) is 150 Å². The zero-order chi connectivity index (χ0) is 29.8. The van der Waals surface area contributed by atoms with Crippen LogP contribution in [0.1, 0.15) is 49.7 Å². The van der Waals surface area contributed by atoms with Crippen molar-refractivity contribution in [3.63, 3.8) is 0 Å². The highest BCUT2D eigenvalue weighted by atomic mass is 35.5. The van der Waals surface area contributed by atoms with Crippen molar-refractivity contribution in [2.45, 2.75) is 51.6 Å². The number of benzene rings is 3. The van der Waals surface area contributed by atoms with Gasteiger partial charge in [-0.1, -0.05) is 48.5 Å². The van der Waals surface area contributed by atoms with Gasteiger partial charge < -0.3 is 43.4 Å². The smallest absolute Gasteiger partial charge is 0.0217 e. The minimum absolute atomic E-state index is 0. The molecule has 0 aromatic heterocycles. The van der Waals surface area contributed by atoms with E-state index in [1.54, 1.807) is 0 Å². The topological polar surface area (TPSA) is 135 Å². The highest BCUT2D eigenvalue weighted by molar-refractivity contribution is 6.05. The molecule has 0 saturated carbocycles. The number of nitrogens with two attached hydrogens (primary N) is 4. The highest BCUT2D eigenvalue weighted by Gasteiger charge is 2.13. The summed E-state index contributed by atoms with van der Waals surface area (Å²) in [5.41, 5.74) is 25.8. The van der Waals surface area contributed by atoms with Crippen molar-refractivity contribution in [1.82, 2.24) is 20.4 Å². The van der Waals surface area contributed by atoms with Gasteiger partial charge in [-0.15, -0.1) is 74.4 Å². The molecule has 0 unspecified atom stereocenters. The molecular weight excluding hydrogens is 733 g/mol. The molecule has 3 aromatic carbocycles. The lowest BCUT2D eigenvalue weighted by Crippen LogP contribution is -2.31. The van der Waals surface area contributed by atoms with Crippen LogP contribution >= 0.6 is 74.4 Å². The Hall–Kier alpha value is -0.400. The van der Waals surface area contributed by atoms with E-state index in [9.17, 15) is 0 Å². The Morgan fingerprint density at radius 3 is 0.896 bits per heavy atom. The fraction of sp³-hybridized carbons (Fsp3) is 0.588. The van der Waals surface area contributed by atoms with Gasteiger partial charge in [0.25, 0.3) is 0 Å². The van der Waals surface area contributed by atoms with E-state index in [0.29, 0.717) is 0 Å². The summed E-state index contributed by atoms with van der Waals surface area (Å²) >= 11 is 0. The molecule has 0 atom stereocenters. The second-order valence-electron chi connectivity index (χ2n) is 11.4. The molecule has 0 aliphatic heterocycles. The van der Waals surface area contributed by atoms with Gasteiger partial charge in [-0.3, -0.25) is 0 Å². The minimum atomic E-state index is 0. The van der Waals surface area contributed by atoms with Crippen LogP contribution in [-0.2, 0) is 13.1 Å². The molecule has 0 radical (unpaired) electrons. The zero-order valence-electron chi connectivity index (χ0n) is 28.4. The third-order valence-corrected chi connectivity index (χ3v) is 8.13. The fourth-order valence-electron chi connectivity index (χ4n) is 5.90. The standard InChI is InChI=1S/C34H58N8.6ClH/c35-15-5-21-41(22-6-16-36)25-9-19-39-27-33-29-11-1-2-12-30(29)34(32-14-4-3-13-31(32)33)28-40-20-10-26-42(23-7-17-37)24-8-18-38;;;;;;/h1-4,11-14,39-40H,5-10,15-28,35-38H2;6*1H. The van der Waals surface area contributed by atoms with E-state index in [1.165, 1.54) is 32.7 Å². The molecule has 8 nitrogen and oxygen atoms in total. The zero-order valence-corrected chi connectivity index (χ0v) is 33.3. The van der Waals surface area contributed by atoms with E-state index < -0.39 is 0 Å². The molecule has 0 bridgehead atoms. The second-order valence-corrected chi connectivity index (χ2v) is 11.4. The number of hydrogen-bond donors (Lipinski definition) is 6. The average Bonchev–Trinajstić information content (AvgIpc) is 3.03. The van der Waals surface area contributed by atoms with Crippen molar-refractivity contribution in [3.8, 4) is 0 Å². The minimum Gasteiger partial charge on any atom is -0.330 e. The fourth-order valence-corrected chi connectivity index (χ4v) is 5.90. The Morgan fingerprint density at radius 2 is 0.646 bits per heavy atom. The summed E-state index contributed by atoms with van der Waals surface area (Å²) < 4.78 is 0. The van der Waals surface area contributed by atoms with Gasteiger partial charge in [0.2, 0.25) is 0 Å². The van der Waals surface area contributed by atoms with E-state index in [-0.39, 0.29) is 74.4 Å². The molecule has 0 fully saturated rings. The molecule has 0 spiro atoms. The predicted octanol–water partition coefficient (Wildman–Crippen LogP) is 5.48. The van der Waals surface area contributed by atoms with Gasteiger partial charge in [0.05, 0.1) is 0 Å². The van der Waals surface area contributed by atoms with Crippen LogP contribution in [0.5, 0.6) is 0 Å². The molecule has 14 heteroatoms. The maximum absolute atomic E-state index is 5.75. The van der Waals surface area contributed by atoms with E-state index in [1.807, 2.05) is 0 Å². The number of rotatable bonds is 24. The Balaban J connectivity index is -0.00000161. The summed E-state index contributed by atoms with van der Waals surface area (Å²) in [6.45, 7) is 13.1. The molecule has 48 heavy (non-hydrogen) atoms. The summed E-state index contributed by atoms with van der Waals surface area (Å²) in [6.07, 6.45) is 6.39. The van der Waals surface area contributed by atoms with E-state index in [0.717, 1.165) is 130 Å². The average molecular weight is 798 g/mol. The maximum Gasteiger partial charge on any atom is 0.0217 e. The van der Waals surface area contributed by atoms with Gasteiger partial charge in [0.15, 0.2) is 0 Å².